The Morgan fingerprint density at radius 3 is 2.51 bits per heavy atom. The van der Waals surface area contributed by atoms with Crippen LogP contribution in [0.2, 0.25) is 0 Å². The van der Waals surface area contributed by atoms with Gasteiger partial charge in [-0.25, -0.2) is 0 Å². The van der Waals surface area contributed by atoms with E-state index in [1.54, 1.807) is 30.2 Å². The van der Waals surface area contributed by atoms with E-state index in [0.29, 0.717) is 43.0 Å². The summed E-state index contributed by atoms with van der Waals surface area (Å²) in [6, 6.07) is 22.2. The lowest BCUT2D eigenvalue weighted by atomic mass is 9.93. The predicted molar refractivity (Wildman–Crippen MR) is 161 cm³/mol. The molecular formula is C33H41N3O5. The molecule has 4 rings (SSSR count). The minimum Gasteiger partial charge on any atom is -0.497 e. The van der Waals surface area contributed by atoms with E-state index < -0.39 is 17.7 Å². The van der Waals surface area contributed by atoms with Crippen LogP contribution in [-0.4, -0.2) is 55.9 Å². The number of rotatable bonds is 13. The maximum absolute atomic E-state index is 13.6. The highest BCUT2D eigenvalue weighted by Gasteiger charge is 2.28. The molecule has 0 radical (unpaired) electrons. The van der Waals surface area contributed by atoms with E-state index in [-0.39, 0.29) is 18.4 Å². The van der Waals surface area contributed by atoms with E-state index in [4.69, 9.17) is 9.47 Å². The summed E-state index contributed by atoms with van der Waals surface area (Å²) in [4.78, 5) is 27.8. The second-order valence-electron chi connectivity index (χ2n) is 10.9. The standard InChI is InChI=1S/C33H41N3O5/c1-5-41-28-19-24(18-26(21-28)36-16-10-15-31(36)38)32(39)35-29(17-23-11-7-6-8-12-23)30(37)22-34-33(2,3)25-13-9-14-27(20-25)40-4/h6-9,11-14,18-21,29-30,34,37H,5,10,15-17,22H2,1-4H3,(H,35,39). The molecule has 1 heterocycles. The Bertz CT molecular complexity index is 1330. The highest BCUT2D eigenvalue weighted by Crippen LogP contribution is 2.28. The summed E-state index contributed by atoms with van der Waals surface area (Å²) < 4.78 is 11.1. The quantitative estimate of drug-likeness (QED) is 0.286. The van der Waals surface area contributed by atoms with Crippen LogP contribution >= 0.6 is 0 Å². The fourth-order valence-corrected chi connectivity index (χ4v) is 5.06. The topological polar surface area (TPSA) is 100 Å². The molecule has 0 saturated carbocycles. The molecule has 41 heavy (non-hydrogen) atoms. The van der Waals surface area contributed by atoms with E-state index in [1.807, 2.05) is 75.4 Å². The van der Waals surface area contributed by atoms with Gasteiger partial charge >= 0.3 is 0 Å². The lowest BCUT2D eigenvalue weighted by molar-refractivity contribution is -0.117. The van der Waals surface area contributed by atoms with Gasteiger partial charge < -0.3 is 30.1 Å². The second-order valence-corrected chi connectivity index (χ2v) is 10.9. The number of carbonyl (C=O) groups is 2. The zero-order valence-electron chi connectivity index (χ0n) is 24.4. The van der Waals surface area contributed by atoms with Crippen molar-refractivity contribution in [2.24, 2.45) is 0 Å². The summed E-state index contributed by atoms with van der Waals surface area (Å²) in [6.45, 7) is 7.25. The molecule has 0 bridgehead atoms. The molecule has 1 fully saturated rings. The van der Waals surface area contributed by atoms with Gasteiger partial charge in [-0.05, 0) is 69.0 Å². The minimum atomic E-state index is -0.890. The van der Waals surface area contributed by atoms with Crippen LogP contribution < -0.4 is 25.0 Å². The molecule has 2 amide bonds. The number of benzene rings is 3. The van der Waals surface area contributed by atoms with Crippen molar-refractivity contribution in [1.29, 1.82) is 0 Å². The highest BCUT2D eigenvalue weighted by atomic mass is 16.5. The van der Waals surface area contributed by atoms with Crippen molar-refractivity contribution in [2.45, 2.75) is 57.7 Å². The zero-order valence-corrected chi connectivity index (χ0v) is 24.4. The minimum absolute atomic E-state index is 0.0344. The van der Waals surface area contributed by atoms with Gasteiger partial charge in [0.25, 0.3) is 5.91 Å². The summed E-state index contributed by atoms with van der Waals surface area (Å²) in [5.74, 6) is 0.978. The number of nitrogens with one attached hydrogen (secondary N) is 2. The Morgan fingerprint density at radius 2 is 1.83 bits per heavy atom. The lowest BCUT2D eigenvalue weighted by Gasteiger charge is -2.31. The number of methoxy groups -OCH3 is 1. The number of amides is 2. The molecule has 8 heteroatoms. The summed E-state index contributed by atoms with van der Waals surface area (Å²) in [5, 5.41) is 17.9. The third-order valence-corrected chi connectivity index (χ3v) is 7.47. The maximum Gasteiger partial charge on any atom is 0.251 e. The Morgan fingerprint density at radius 1 is 1.05 bits per heavy atom. The van der Waals surface area contributed by atoms with Crippen molar-refractivity contribution in [3.05, 3.63) is 89.5 Å². The van der Waals surface area contributed by atoms with Crippen LogP contribution in [0.3, 0.4) is 0 Å². The molecule has 0 aliphatic carbocycles. The third-order valence-electron chi connectivity index (χ3n) is 7.47. The molecule has 1 aliphatic heterocycles. The first-order chi connectivity index (χ1) is 19.7. The van der Waals surface area contributed by atoms with Crippen molar-refractivity contribution in [1.82, 2.24) is 10.6 Å². The number of carbonyl (C=O) groups excluding carboxylic acids is 2. The molecule has 0 aromatic heterocycles. The van der Waals surface area contributed by atoms with Gasteiger partial charge in [-0.15, -0.1) is 0 Å². The van der Waals surface area contributed by atoms with E-state index in [2.05, 4.69) is 10.6 Å². The van der Waals surface area contributed by atoms with Crippen LogP contribution in [0.4, 0.5) is 5.69 Å². The molecular weight excluding hydrogens is 518 g/mol. The molecule has 3 aromatic carbocycles. The number of aliphatic hydroxyl groups is 1. The van der Waals surface area contributed by atoms with Crippen LogP contribution in [-0.2, 0) is 16.8 Å². The van der Waals surface area contributed by atoms with Gasteiger partial charge in [-0.2, -0.15) is 0 Å². The number of aliphatic hydroxyl groups excluding tert-OH is 1. The summed E-state index contributed by atoms with van der Waals surface area (Å²) in [6.07, 6.45) is 0.824. The van der Waals surface area contributed by atoms with Gasteiger partial charge in [-0.3, -0.25) is 9.59 Å². The van der Waals surface area contributed by atoms with Crippen LogP contribution in [0, 0.1) is 0 Å². The summed E-state index contributed by atoms with van der Waals surface area (Å²) in [7, 11) is 1.64. The van der Waals surface area contributed by atoms with E-state index in [9.17, 15) is 14.7 Å². The normalized spacial score (nSPS) is 15.0. The number of ether oxygens (including phenoxy) is 2. The molecule has 8 nitrogen and oxygen atoms in total. The van der Waals surface area contributed by atoms with E-state index in [1.165, 1.54) is 0 Å². The predicted octanol–water partition coefficient (Wildman–Crippen LogP) is 4.45. The summed E-state index contributed by atoms with van der Waals surface area (Å²) in [5.41, 5.74) is 2.57. The molecule has 0 spiro atoms. The van der Waals surface area contributed by atoms with Gasteiger partial charge in [0.2, 0.25) is 5.91 Å². The largest absolute Gasteiger partial charge is 0.497 e. The molecule has 3 aromatic rings. The molecule has 3 N–H and O–H groups in total. The number of nitrogens with zero attached hydrogens (tertiary/aromatic N) is 1. The Labute approximate surface area is 242 Å². The fourth-order valence-electron chi connectivity index (χ4n) is 5.06. The fraction of sp³-hybridized carbons (Fsp3) is 0.394. The average Bonchev–Trinajstić information content (AvgIpc) is 3.42. The van der Waals surface area contributed by atoms with Gasteiger partial charge in [0.15, 0.2) is 0 Å². The number of hydrogen-bond acceptors (Lipinski definition) is 6. The highest BCUT2D eigenvalue weighted by molar-refractivity contribution is 5.99. The van der Waals surface area contributed by atoms with Crippen LogP contribution in [0.15, 0.2) is 72.8 Å². The molecule has 2 unspecified atom stereocenters. The van der Waals surface area contributed by atoms with Crippen molar-refractivity contribution < 1.29 is 24.2 Å². The second kappa shape index (κ2) is 13.7. The van der Waals surface area contributed by atoms with Gasteiger partial charge in [-0.1, -0.05) is 42.5 Å². The van der Waals surface area contributed by atoms with Gasteiger partial charge in [0.05, 0.1) is 25.9 Å². The van der Waals surface area contributed by atoms with E-state index >= 15 is 0 Å². The molecule has 1 saturated heterocycles. The van der Waals surface area contributed by atoms with Crippen LogP contribution in [0.25, 0.3) is 0 Å². The van der Waals surface area contributed by atoms with Crippen molar-refractivity contribution >= 4 is 17.5 Å². The van der Waals surface area contributed by atoms with Gasteiger partial charge in [0.1, 0.15) is 11.5 Å². The van der Waals surface area contributed by atoms with Crippen molar-refractivity contribution in [3.63, 3.8) is 0 Å². The Kier molecular flexibility index (Phi) is 10.0. The van der Waals surface area contributed by atoms with Crippen molar-refractivity contribution in [3.8, 4) is 11.5 Å². The Balaban J connectivity index is 1.54. The monoisotopic (exact) mass is 559 g/mol. The molecule has 2 atom stereocenters. The first-order valence-corrected chi connectivity index (χ1v) is 14.2. The maximum atomic E-state index is 13.6. The smallest absolute Gasteiger partial charge is 0.251 e. The first-order valence-electron chi connectivity index (χ1n) is 14.2. The third kappa shape index (κ3) is 7.86. The zero-order chi connectivity index (χ0) is 29.4. The lowest BCUT2D eigenvalue weighted by Crippen LogP contribution is -2.51. The number of anilines is 1. The molecule has 1 aliphatic rings. The van der Waals surface area contributed by atoms with Crippen LogP contribution in [0.1, 0.15) is 55.1 Å². The van der Waals surface area contributed by atoms with Gasteiger partial charge in [0, 0.05) is 42.4 Å². The SMILES string of the molecule is CCOc1cc(C(=O)NC(Cc2ccccc2)C(O)CNC(C)(C)c2cccc(OC)c2)cc(N2CCCC2=O)c1. The van der Waals surface area contributed by atoms with Crippen LogP contribution in [0.5, 0.6) is 11.5 Å². The first kappa shape index (κ1) is 30.1. The summed E-state index contributed by atoms with van der Waals surface area (Å²) >= 11 is 0. The number of hydrogen-bond donors (Lipinski definition) is 3. The Hall–Kier alpha value is -3.88. The van der Waals surface area contributed by atoms with E-state index in [0.717, 1.165) is 23.3 Å². The van der Waals surface area contributed by atoms with Crippen molar-refractivity contribution in [2.75, 3.05) is 31.7 Å². The molecule has 218 valence electrons. The average molecular weight is 560 g/mol.